The van der Waals surface area contributed by atoms with Gasteiger partial charge in [0.1, 0.15) is 0 Å². The number of nitrogens with one attached hydrogen (secondary N) is 1. The zero-order chi connectivity index (χ0) is 16.0. The van der Waals surface area contributed by atoms with E-state index in [0.29, 0.717) is 12.0 Å². The Labute approximate surface area is 138 Å². The monoisotopic (exact) mass is 334 g/mol. The van der Waals surface area contributed by atoms with Crippen molar-refractivity contribution >= 4 is 24.3 Å². The van der Waals surface area contributed by atoms with E-state index in [1.165, 1.54) is 14.0 Å². The van der Waals surface area contributed by atoms with Gasteiger partial charge < -0.3 is 20.5 Å². The molecule has 1 rings (SSSR count). The van der Waals surface area contributed by atoms with Gasteiger partial charge in [-0.15, -0.1) is 12.4 Å². The molecule has 1 aliphatic rings. The van der Waals surface area contributed by atoms with Gasteiger partial charge in [0.2, 0.25) is 5.91 Å². The van der Waals surface area contributed by atoms with E-state index in [2.05, 4.69) is 5.32 Å². The molecule has 0 fully saturated rings. The van der Waals surface area contributed by atoms with Crippen molar-refractivity contribution < 1.29 is 19.1 Å². The van der Waals surface area contributed by atoms with E-state index < -0.39 is 12.1 Å². The van der Waals surface area contributed by atoms with E-state index in [1.54, 1.807) is 6.08 Å². The Morgan fingerprint density at radius 1 is 1.41 bits per heavy atom. The normalized spacial score (nSPS) is 24.3. The Morgan fingerprint density at radius 3 is 2.45 bits per heavy atom. The average molecular weight is 335 g/mol. The number of hydrogen-bond donors (Lipinski definition) is 2. The second-order valence-corrected chi connectivity index (χ2v) is 5.32. The van der Waals surface area contributed by atoms with Gasteiger partial charge in [0.05, 0.1) is 25.4 Å². The number of nitrogens with two attached hydrogens (primary N) is 1. The van der Waals surface area contributed by atoms with Crippen LogP contribution in [0, 0.1) is 0 Å². The summed E-state index contributed by atoms with van der Waals surface area (Å²) in [5, 5.41) is 2.83. The van der Waals surface area contributed by atoms with Crippen LogP contribution in [0.5, 0.6) is 0 Å². The maximum Gasteiger partial charge on any atom is 0.333 e. The van der Waals surface area contributed by atoms with Crippen LogP contribution in [-0.2, 0) is 19.1 Å². The number of methoxy groups -OCH3 is 1. The predicted molar refractivity (Wildman–Crippen MR) is 86.8 cm³/mol. The largest absolute Gasteiger partial charge is 0.466 e. The molecular weight excluding hydrogens is 308 g/mol. The van der Waals surface area contributed by atoms with Crippen molar-refractivity contribution in [3.05, 3.63) is 11.6 Å². The summed E-state index contributed by atoms with van der Waals surface area (Å²) < 4.78 is 10.8. The van der Waals surface area contributed by atoms with E-state index in [4.69, 9.17) is 15.2 Å². The third-order valence-electron chi connectivity index (χ3n) is 3.71. The summed E-state index contributed by atoms with van der Waals surface area (Å²) in [5.74, 6) is -0.562. The molecule has 3 unspecified atom stereocenters. The number of carbonyl (C=O) groups excluding carboxylic acids is 2. The first-order valence-electron chi connectivity index (χ1n) is 7.40. The molecule has 0 saturated carbocycles. The van der Waals surface area contributed by atoms with Crippen molar-refractivity contribution in [2.75, 3.05) is 7.11 Å². The second-order valence-electron chi connectivity index (χ2n) is 5.32. The Hall–Kier alpha value is -1.11. The van der Waals surface area contributed by atoms with Crippen LogP contribution in [0.1, 0.15) is 40.0 Å². The molecule has 0 spiro atoms. The van der Waals surface area contributed by atoms with Crippen molar-refractivity contribution in [1.82, 2.24) is 5.32 Å². The lowest BCUT2D eigenvalue weighted by Gasteiger charge is -2.36. The summed E-state index contributed by atoms with van der Waals surface area (Å²) >= 11 is 0. The zero-order valence-corrected chi connectivity index (χ0v) is 14.4. The SMILES string of the molecule is CCC(CC)OC1C=C(C(=O)OC)CC(N)C1NC(C)=O.Cl. The first-order valence-corrected chi connectivity index (χ1v) is 7.40. The van der Waals surface area contributed by atoms with E-state index >= 15 is 0 Å². The summed E-state index contributed by atoms with van der Waals surface area (Å²) in [6.45, 7) is 5.52. The molecule has 0 radical (unpaired) electrons. The fourth-order valence-corrected chi connectivity index (χ4v) is 2.53. The molecule has 6 nitrogen and oxygen atoms in total. The molecule has 3 N–H and O–H groups in total. The number of ether oxygens (including phenoxy) is 2. The maximum absolute atomic E-state index is 11.7. The summed E-state index contributed by atoms with van der Waals surface area (Å²) in [4.78, 5) is 23.1. The van der Waals surface area contributed by atoms with Crippen LogP contribution >= 0.6 is 12.4 Å². The molecule has 0 bridgehead atoms. The molecule has 22 heavy (non-hydrogen) atoms. The number of carbonyl (C=O) groups is 2. The van der Waals surface area contributed by atoms with Crippen LogP contribution in [0.2, 0.25) is 0 Å². The predicted octanol–water partition coefficient (Wildman–Crippen LogP) is 1.32. The molecule has 7 heteroatoms. The van der Waals surface area contributed by atoms with Crippen LogP contribution in [0.3, 0.4) is 0 Å². The smallest absolute Gasteiger partial charge is 0.333 e. The van der Waals surface area contributed by atoms with Gasteiger partial charge in [0, 0.05) is 18.5 Å². The molecule has 0 aromatic carbocycles. The van der Waals surface area contributed by atoms with Crippen molar-refractivity contribution in [2.45, 2.75) is 64.3 Å². The number of halogens is 1. The van der Waals surface area contributed by atoms with Crippen molar-refractivity contribution in [3.8, 4) is 0 Å². The number of rotatable bonds is 6. The number of hydrogen-bond acceptors (Lipinski definition) is 5. The van der Waals surface area contributed by atoms with Crippen LogP contribution < -0.4 is 11.1 Å². The van der Waals surface area contributed by atoms with Gasteiger partial charge in [-0.3, -0.25) is 4.79 Å². The molecule has 128 valence electrons. The number of esters is 1. The Kier molecular flexibility index (Phi) is 9.32. The van der Waals surface area contributed by atoms with Crippen molar-refractivity contribution in [3.63, 3.8) is 0 Å². The molecule has 3 atom stereocenters. The van der Waals surface area contributed by atoms with Crippen LogP contribution in [0.4, 0.5) is 0 Å². The van der Waals surface area contributed by atoms with Gasteiger partial charge in [0.15, 0.2) is 0 Å². The topological polar surface area (TPSA) is 90.7 Å². The highest BCUT2D eigenvalue weighted by Gasteiger charge is 2.35. The summed E-state index contributed by atoms with van der Waals surface area (Å²) in [7, 11) is 1.34. The second kappa shape index (κ2) is 9.82. The lowest BCUT2D eigenvalue weighted by molar-refractivity contribution is -0.136. The summed E-state index contributed by atoms with van der Waals surface area (Å²) in [6.07, 6.45) is 3.45. The molecule has 0 heterocycles. The fourth-order valence-electron chi connectivity index (χ4n) is 2.53. The third kappa shape index (κ3) is 5.59. The highest BCUT2D eigenvalue weighted by molar-refractivity contribution is 5.89. The lowest BCUT2D eigenvalue weighted by atomic mass is 9.88. The summed E-state index contributed by atoms with van der Waals surface area (Å²) in [6, 6.07) is -0.719. The first-order chi connectivity index (χ1) is 9.92. The van der Waals surface area contributed by atoms with Crippen molar-refractivity contribution in [1.29, 1.82) is 0 Å². The summed E-state index contributed by atoms with van der Waals surface area (Å²) in [5.41, 5.74) is 6.62. The lowest BCUT2D eigenvalue weighted by Crippen LogP contribution is -2.57. The van der Waals surface area contributed by atoms with Crippen molar-refractivity contribution in [2.24, 2.45) is 5.73 Å². The molecule has 1 amide bonds. The minimum atomic E-state index is -0.420. The van der Waals surface area contributed by atoms with Gasteiger partial charge in [-0.1, -0.05) is 13.8 Å². The fraction of sp³-hybridized carbons (Fsp3) is 0.733. The molecule has 0 aliphatic heterocycles. The van der Waals surface area contributed by atoms with Gasteiger partial charge in [-0.05, 0) is 25.3 Å². The van der Waals surface area contributed by atoms with E-state index in [1.807, 2.05) is 13.8 Å². The molecule has 0 aromatic heterocycles. The highest BCUT2D eigenvalue weighted by Crippen LogP contribution is 2.23. The quantitative estimate of drug-likeness (QED) is 0.715. The third-order valence-corrected chi connectivity index (χ3v) is 3.71. The van der Waals surface area contributed by atoms with Crippen LogP contribution in [-0.4, -0.2) is 43.3 Å². The van der Waals surface area contributed by atoms with E-state index in [0.717, 1.165) is 12.8 Å². The Morgan fingerprint density at radius 2 is 2.00 bits per heavy atom. The minimum absolute atomic E-state index is 0. The Balaban J connectivity index is 0.00000441. The minimum Gasteiger partial charge on any atom is -0.466 e. The standard InChI is InChI=1S/C15H26N2O4.ClH/c1-5-11(6-2)21-13-8-10(15(19)20-4)7-12(16)14(13)17-9(3)18;/h8,11-14H,5-7,16H2,1-4H3,(H,17,18);1H. The zero-order valence-electron chi connectivity index (χ0n) is 13.6. The Bertz CT molecular complexity index is 410. The van der Waals surface area contributed by atoms with Gasteiger partial charge in [-0.25, -0.2) is 4.79 Å². The highest BCUT2D eigenvalue weighted by atomic mass is 35.5. The number of amides is 1. The van der Waals surface area contributed by atoms with E-state index in [-0.39, 0.29) is 36.5 Å². The molecular formula is C15H27ClN2O4. The van der Waals surface area contributed by atoms with Crippen LogP contribution in [0.25, 0.3) is 0 Å². The van der Waals surface area contributed by atoms with Gasteiger partial charge in [-0.2, -0.15) is 0 Å². The van der Waals surface area contributed by atoms with Gasteiger partial charge in [0.25, 0.3) is 0 Å². The molecule has 0 aromatic rings. The van der Waals surface area contributed by atoms with Gasteiger partial charge >= 0.3 is 5.97 Å². The first kappa shape index (κ1) is 20.9. The molecule has 1 aliphatic carbocycles. The molecule has 0 saturated heterocycles. The van der Waals surface area contributed by atoms with E-state index in [9.17, 15) is 9.59 Å². The average Bonchev–Trinajstić information content (AvgIpc) is 2.46. The van der Waals surface area contributed by atoms with Crippen LogP contribution in [0.15, 0.2) is 11.6 Å². The maximum atomic E-state index is 11.7.